The molecule has 1 fully saturated rings. The van der Waals surface area contributed by atoms with E-state index in [9.17, 15) is 9.18 Å². The third-order valence-corrected chi connectivity index (χ3v) is 4.65. The van der Waals surface area contributed by atoms with Crippen molar-refractivity contribution in [3.8, 4) is 5.75 Å². The molecule has 26 heavy (non-hydrogen) atoms. The number of ether oxygens (including phenoxy) is 1. The molecule has 0 unspecified atom stereocenters. The van der Waals surface area contributed by atoms with Crippen LogP contribution in [-0.2, 0) is 11.4 Å². The van der Waals surface area contributed by atoms with E-state index in [-0.39, 0.29) is 18.3 Å². The summed E-state index contributed by atoms with van der Waals surface area (Å²) in [5, 5.41) is 6.27. The molecule has 1 aliphatic rings. The summed E-state index contributed by atoms with van der Waals surface area (Å²) >= 11 is 0. The van der Waals surface area contributed by atoms with Crippen molar-refractivity contribution >= 4 is 11.6 Å². The zero-order valence-corrected chi connectivity index (χ0v) is 14.8. The molecule has 0 aliphatic carbocycles. The lowest BCUT2D eigenvalue weighted by atomic mass is 9.93. The fourth-order valence-electron chi connectivity index (χ4n) is 3.19. The van der Waals surface area contributed by atoms with Crippen LogP contribution in [0.2, 0.25) is 0 Å². The highest BCUT2D eigenvalue weighted by atomic mass is 19.1. The van der Waals surface area contributed by atoms with E-state index in [1.807, 2.05) is 24.3 Å². The van der Waals surface area contributed by atoms with Gasteiger partial charge < -0.3 is 15.4 Å². The van der Waals surface area contributed by atoms with E-state index in [1.165, 1.54) is 12.1 Å². The number of benzene rings is 2. The van der Waals surface area contributed by atoms with Crippen LogP contribution >= 0.6 is 0 Å². The Kier molecular flexibility index (Phi) is 6.61. The van der Waals surface area contributed by atoms with Crippen molar-refractivity contribution < 1.29 is 13.9 Å². The number of hydrogen-bond acceptors (Lipinski definition) is 3. The van der Waals surface area contributed by atoms with Gasteiger partial charge in [-0.3, -0.25) is 4.79 Å². The molecule has 2 N–H and O–H groups in total. The second-order valence-corrected chi connectivity index (χ2v) is 6.73. The van der Waals surface area contributed by atoms with Crippen molar-refractivity contribution in [1.82, 2.24) is 5.32 Å². The van der Waals surface area contributed by atoms with Gasteiger partial charge in [-0.2, -0.15) is 0 Å². The molecule has 5 heteroatoms. The Morgan fingerprint density at radius 3 is 2.77 bits per heavy atom. The molecule has 0 aromatic heterocycles. The lowest BCUT2D eigenvalue weighted by Gasteiger charge is -2.22. The third kappa shape index (κ3) is 5.85. The van der Waals surface area contributed by atoms with Crippen LogP contribution in [0.4, 0.5) is 10.1 Å². The van der Waals surface area contributed by atoms with Crippen molar-refractivity contribution in [1.29, 1.82) is 0 Å². The van der Waals surface area contributed by atoms with E-state index >= 15 is 0 Å². The van der Waals surface area contributed by atoms with Crippen LogP contribution in [0.5, 0.6) is 5.75 Å². The molecule has 1 aliphatic heterocycles. The Morgan fingerprint density at radius 1 is 1.15 bits per heavy atom. The summed E-state index contributed by atoms with van der Waals surface area (Å²) in [6.45, 7) is 2.39. The van der Waals surface area contributed by atoms with Crippen molar-refractivity contribution in [3.63, 3.8) is 0 Å². The number of carbonyl (C=O) groups is 1. The summed E-state index contributed by atoms with van der Waals surface area (Å²) in [5.41, 5.74) is 1.48. The number of carbonyl (C=O) groups excluding carboxylic acids is 1. The number of amides is 1. The molecule has 2 aromatic carbocycles. The highest BCUT2D eigenvalue weighted by Crippen LogP contribution is 2.21. The minimum absolute atomic E-state index is 0.0332. The molecular weight excluding hydrogens is 331 g/mol. The van der Waals surface area contributed by atoms with E-state index in [0.29, 0.717) is 18.1 Å². The second-order valence-electron chi connectivity index (χ2n) is 6.73. The van der Waals surface area contributed by atoms with E-state index in [1.54, 1.807) is 12.1 Å². The van der Waals surface area contributed by atoms with Crippen LogP contribution in [0.15, 0.2) is 48.5 Å². The van der Waals surface area contributed by atoms with Gasteiger partial charge in [0.2, 0.25) is 5.91 Å². The molecule has 1 heterocycles. The Hall–Kier alpha value is -2.40. The zero-order chi connectivity index (χ0) is 18.2. The fourth-order valence-corrected chi connectivity index (χ4v) is 3.19. The number of rotatable bonds is 7. The largest absolute Gasteiger partial charge is 0.489 e. The molecule has 0 saturated carbocycles. The summed E-state index contributed by atoms with van der Waals surface area (Å²) in [7, 11) is 0. The maximum Gasteiger partial charge on any atom is 0.224 e. The van der Waals surface area contributed by atoms with E-state index in [0.717, 1.165) is 43.6 Å². The van der Waals surface area contributed by atoms with Gasteiger partial charge in [0.1, 0.15) is 18.2 Å². The van der Waals surface area contributed by atoms with Gasteiger partial charge in [0.05, 0.1) is 0 Å². The Labute approximate surface area is 153 Å². The molecular formula is C21H25FN2O2. The van der Waals surface area contributed by atoms with Gasteiger partial charge >= 0.3 is 0 Å². The van der Waals surface area contributed by atoms with Crippen LogP contribution in [0.25, 0.3) is 0 Å². The number of anilines is 1. The molecule has 1 saturated heterocycles. The minimum atomic E-state index is -0.277. The topological polar surface area (TPSA) is 50.4 Å². The van der Waals surface area contributed by atoms with E-state index in [4.69, 9.17) is 4.74 Å². The minimum Gasteiger partial charge on any atom is -0.489 e. The van der Waals surface area contributed by atoms with Crippen molar-refractivity contribution in [2.24, 2.45) is 5.92 Å². The van der Waals surface area contributed by atoms with Crippen molar-refractivity contribution in [2.75, 3.05) is 18.4 Å². The Bertz CT molecular complexity index is 729. The van der Waals surface area contributed by atoms with Crippen LogP contribution in [0.1, 0.15) is 31.2 Å². The summed E-state index contributed by atoms with van der Waals surface area (Å²) in [4.78, 5) is 12.2. The quantitative estimate of drug-likeness (QED) is 0.784. The standard InChI is InChI=1S/C21H25FN2O2/c22-18-4-1-3-17(13-18)15-26-20-6-2-5-19(14-20)24-21(25)8-7-16-9-11-23-12-10-16/h1-6,13-14,16,23H,7-12,15H2,(H,24,25). The van der Waals surface area contributed by atoms with Crippen LogP contribution in [0.3, 0.4) is 0 Å². The predicted octanol–water partition coefficient (Wildman–Crippen LogP) is 4.12. The molecule has 0 spiro atoms. The molecule has 0 atom stereocenters. The highest BCUT2D eigenvalue weighted by molar-refractivity contribution is 5.90. The van der Waals surface area contributed by atoms with Gasteiger partial charge in [-0.15, -0.1) is 0 Å². The van der Waals surface area contributed by atoms with Gasteiger partial charge in [-0.05, 0) is 68.1 Å². The summed E-state index contributed by atoms with van der Waals surface area (Å²) in [6.07, 6.45) is 3.77. The van der Waals surface area contributed by atoms with E-state index < -0.39 is 0 Å². The summed E-state index contributed by atoms with van der Waals surface area (Å²) in [6, 6.07) is 13.6. The fraction of sp³-hybridized carbons (Fsp3) is 0.381. The predicted molar refractivity (Wildman–Crippen MR) is 101 cm³/mol. The smallest absolute Gasteiger partial charge is 0.224 e. The summed E-state index contributed by atoms with van der Waals surface area (Å²) < 4.78 is 18.9. The number of halogens is 1. The molecule has 0 radical (unpaired) electrons. The maximum atomic E-state index is 13.2. The van der Waals surface area contributed by atoms with E-state index in [2.05, 4.69) is 10.6 Å². The number of piperidine rings is 1. The van der Waals surface area contributed by atoms with Gasteiger partial charge in [-0.25, -0.2) is 4.39 Å². The molecule has 0 bridgehead atoms. The SMILES string of the molecule is O=C(CCC1CCNCC1)Nc1cccc(OCc2cccc(F)c2)c1. The number of nitrogens with one attached hydrogen (secondary N) is 2. The average Bonchev–Trinajstić information content (AvgIpc) is 2.66. The Balaban J connectivity index is 1.47. The molecule has 2 aromatic rings. The summed E-state index contributed by atoms with van der Waals surface area (Å²) in [5.74, 6) is 1.04. The van der Waals surface area contributed by atoms with Crippen molar-refractivity contribution in [2.45, 2.75) is 32.3 Å². The van der Waals surface area contributed by atoms with Crippen LogP contribution in [0, 0.1) is 11.7 Å². The van der Waals surface area contributed by atoms with Crippen LogP contribution < -0.4 is 15.4 Å². The monoisotopic (exact) mass is 356 g/mol. The molecule has 138 valence electrons. The Morgan fingerprint density at radius 2 is 1.96 bits per heavy atom. The van der Waals surface area contributed by atoms with Crippen molar-refractivity contribution in [3.05, 3.63) is 59.9 Å². The van der Waals surface area contributed by atoms with Gasteiger partial charge in [0.25, 0.3) is 0 Å². The first-order valence-corrected chi connectivity index (χ1v) is 9.17. The number of hydrogen-bond donors (Lipinski definition) is 2. The first-order valence-electron chi connectivity index (χ1n) is 9.17. The normalized spacial score (nSPS) is 14.8. The second kappa shape index (κ2) is 9.34. The van der Waals surface area contributed by atoms with Crippen LogP contribution in [-0.4, -0.2) is 19.0 Å². The zero-order valence-electron chi connectivity index (χ0n) is 14.8. The first kappa shape index (κ1) is 18.4. The average molecular weight is 356 g/mol. The van der Waals surface area contributed by atoms with Gasteiger partial charge in [-0.1, -0.05) is 18.2 Å². The lowest BCUT2D eigenvalue weighted by molar-refractivity contribution is -0.116. The molecule has 1 amide bonds. The lowest BCUT2D eigenvalue weighted by Crippen LogP contribution is -2.28. The third-order valence-electron chi connectivity index (χ3n) is 4.65. The van der Waals surface area contributed by atoms with Gasteiger partial charge in [0, 0.05) is 18.2 Å². The maximum absolute atomic E-state index is 13.2. The van der Waals surface area contributed by atoms with Gasteiger partial charge in [0.15, 0.2) is 0 Å². The molecule has 3 rings (SSSR count). The highest BCUT2D eigenvalue weighted by Gasteiger charge is 2.14. The molecule has 4 nitrogen and oxygen atoms in total. The first-order chi connectivity index (χ1) is 12.7.